The van der Waals surface area contributed by atoms with Crippen molar-refractivity contribution in [1.82, 2.24) is 9.80 Å². The van der Waals surface area contributed by atoms with Gasteiger partial charge in [0.05, 0.1) is 0 Å². The first kappa shape index (κ1) is 13.9. The van der Waals surface area contributed by atoms with Crippen LogP contribution in [-0.4, -0.2) is 55.6 Å². The van der Waals surface area contributed by atoms with E-state index in [1.54, 1.807) is 0 Å². The van der Waals surface area contributed by atoms with Crippen LogP contribution < -0.4 is 5.73 Å². The minimum absolute atomic E-state index is 0.306. The van der Waals surface area contributed by atoms with Crippen LogP contribution in [0.4, 0.5) is 0 Å². The maximum Gasteiger partial charge on any atom is 0.0110 e. The number of nitrogens with zero attached hydrogens (tertiary/aromatic N) is 2. The standard InChI is InChI=1S/C13H29N3/c1-4-6-15-8-10-16(11-9-15)7-5-13(2,3)12-14/h4-12,14H2,1-3H3. The van der Waals surface area contributed by atoms with Crippen LogP contribution in [0.5, 0.6) is 0 Å². The zero-order chi connectivity index (χ0) is 12.0. The van der Waals surface area contributed by atoms with E-state index < -0.39 is 0 Å². The van der Waals surface area contributed by atoms with Crippen molar-refractivity contribution in [2.24, 2.45) is 11.1 Å². The summed E-state index contributed by atoms with van der Waals surface area (Å²) in [6.45, 7) is 15.0. The van der Waals surface area contributed by atoms with Crippen LogP contribution in [0.15, 0.2) is 0 Å². The normalized spacial score (nSPS) is 20.2. The fourth-order valence-corrected chi connectivity index (χ4v) is 2.12. The summed E-state index contributed by atoms with van der Waals surface area (Å²) < 4.78 is 0. The molecule has 0 aromatic rings. The van der Waals surface area contributed by atoms with Gasteiger partial charge in [-0.1, -0.05) is 20.8 Å². The Morgan fingerprint density at radius 2 is 1.50 bits per heavy atom. The van der Waals surface area contributed by atoms with Gasteiger partial charge in [-0.3, -0.25) is 0 Å². The predicted molar refractivity (Wildman–Crippen MR) is 70.6 cm³/mol. The van der Waals surface area contributed by atoms with E-state index >= 15 is 0 Å². The molecule has 1 fully saturated rings. The molecule has 0 atom stereocenters. The van der Waals surface area contributed by atoms with Crippen LogP contribution in [0.1, 0.15) is 33.6 Å². The summed E-state index contributed by atoms with van der Waals surface area (Å²) in [5, 5.41) is 0. The van der Waals surface area contributed by atoms with Gasteiger partial charge in [0.1, 0.15) is 0 Å². The van der Waals surface area contributed by atoms with Crippen LogP contribution in [0, 0.1) is 5.41 Å². The summed E-state index contributed by atoms with van der Waals surface area (Å²) in [7, 11) is 0. The smallest absolute Gasteiger partial charge is 0.0110 e. The monoisotopic (exact) mass is 227 g/mol. The molecule has 0 bridgehead atoms. The topological polar surface area (TPSA) is 32.5 Å². The Morgan fingerprint density at radius 1 is 1.00 bits per heavy atom. The summed E-state index contributed by atoms with van der Waals surface area (Å²) in [6, 6.07) is 0. The molecule has 96 valence electrons. The molecule has 1 aliphatic heterocycles. The molecule has 0 radical (unpaired) electrons. The number of piperazine rings is 1. The van der Waals surface area contributed by atoms with Gasteiger partial charge in [-0.05, 0) is 37.9 Å². The first-order valence-electron chi connectivity index (χ1n) is 6.72. The van der Waals surface area contributed by atoms with Gasteiger partial charge in [0.25, 0.3) is 0 Å². The Labute approximate surface area is 101 Å². The first-order chi connectivity index (χ1) is 7.57. The molecule has 1 saturated heterocycles. The molecule has 0 aromatic carbocycles. The maximum atomic E-state index is 5.76. The summed E-state index contributed by atoms with van der Waals surface area (Å²) in [6.07, 6.45) is 2.50. The molecular weight excluding hydrogens is 198 g/mol. The van der Waals surface area contributed by atoms with Crippen molar-refractivity contribution in [3.05, 3.63) is 0 Å². The van der Waals surface area contributed by atoms with Crippen molar-refractivity contribution < 1.29 is 0 Å². The molecule has 1 heterocycles. The highest BCUT2D eigenvalue weighted by Gasteiger charge is 2.20. The molecule has 16 heavy (non-hydrogen) atoms. The lowest BCUT2D eigenvalue weighted by Crippen LogP contribution is -2.47. The highest BCUT2D eigenvalue weighted by molar-refractivity contribution is 4.75. The largest absolute Gasteiger partial charge is 0.330 e. The van der Waals surface area contributed by atoms with Crippen LogP contribution in [0.2, 0.25) is 0 Å². The molecule has 1 rings (SSSR count). The van der Waals surface area contributed by atoms with E-state index in [-0.39, 0.29) is 0 Å². The number of hydrogen-bond donors (Lipinski definition) is 1. The molecule has 0 aromatic heterocycles. The Morgan fingerprint density at radius 3 is 1.94 bits per heavy atom. The first-order valence-corrected chi connectivity index (χ1v) is 6.72. The Hall–Kier alpha value is -0.120. The lowest BCUT2D eigenvalue weighted by atomic mass is 9.89. The quantitative estimate of drug-likeness (QED) is 0.744. The minimum atomic E-state index is 0.306. The number of hydrogen-bond acceptors (Lipinski definition) is 3. The van der Waals surface area contributed by atoms with Crippen molar-refractivity contribution in [2.75, 3.05) is 45.8 Å². The fourth-order valence-electron chi connectivity index (χ4n) is 2.12. The van der Waals surface area contributed by atoms with Gasteiger partial charge < -0.3 is 15.5 Å². The summed E-state index contributed by atoms with van der Waals surface area (Å²) >= 11 is 0. The van der Waals surface area contributed by atoms with Crippen molar-refractivity contribution in [2.45, 2.75) is 33.6 Å². The van der Waals surface area contributed by atoms with E-state index in [1.807, 2.05) is 0 Å². The van der Waals surface area contributed by atoms with Crippen molar-refractivity contribution in [3.8, 4) is 0 Å². The molecule has 0 unspecified atom stereocenters. The van der Waals surface area contributed by atoms with Crippen LogP contribution in [0.25, 0.3) is 0 Å². The average molecular weight is 227 g/mol. The highest BCUT2D eigenvalue weighted by atomic mass is 15.3. The molecule has 0 aliphatic carbocycles. The van der Waals surface area contributed by atoms with Crippen molar-refractivity contribution in [1.29, 1.82) is 0 Å². The SMILES string of the molecule is CCCN1CCN(CCC(C)(C)CN)CC1. The van der Waals surface area contributed by atoms with Gasteiger partial charge in [-0.25, -0.2) is 0 Å². The van der Waals surface area contributed by atoms with E-state index in [9.17, 15) is 0 Å². The third-order valence-electron chi connectivity index (χ3n) is 3.66. The van der Waals surface area contributed by atoms with E-state index in [1.165, 1.54) is 52.1 Å². The number of nitrogens with two attached hydrogens (primary N) is 1. The maximum absolute atomic E-state index is 5.76. The Kier molecular flexibility index (Phi) is 5.73. The molecule has 2 N–H and O–H groups in total. The summed E-state index contributed by atoms with van der Waals surface area (Å²) in [5.41, 5.74) is 6.06. The van der Waals surface area contributed by atoms with E-state index in [0.29, 0.717) is 5.41 Å². The molecule has 1 aliphatic rings. The predicted octanol–water partition coefficient (Wildman–Crippen LogP) is 1.39. The van der Waals surface area contributed by atoms with Gasteiger partial charge in [0, 0.05) is 26.2 Å². The van der Waals surface area contributed by atoms with E-state index in [0.717, 1.165) is 6.54 Å². The van der Waals surface area contributed by atoms with Gasteiger partial charge >= 0.3 is 0 Å². The van der Waals surface area contributed by atoms with E-state index in [2.05, 4.69) is 30.6 Å². The second-order valence-corrected chi connectivity index (χ2v) is 5.80. The lowest BCUT2D eigenvalue weighted by Gasteiger charge is -2.36. The fraction of sp³-hybridized carbons (Fsp3) is 1.00. The van der Waals surface area contributed by atoms with Crippen LogP contribution in [0.3, 0.4) is 0 Å². The van der Waals surface area contributed by atoms with Crippen molar-refractivity contribution in [3.63, 3.8) is 0 Å². The van der Waals surface area contributed by atoms with Gasteiger partial charge in [-0.2, -0.15) is 0 Å². The van der Waals surface area contributed by atoms with Crippen molar-refractivity contribution >= 4 is 0 Å². The Bertz CT molecular complexity index is 184. The molecule has 3 nitrogen and oxygen atoms in total. The second-order valence-electron chi connectivity index (χ2n) is 5.80. The van der Waals surface area contributed by atoms with Crippen LogP contribution >= 0.6 is 0 Å². The highest BCUT2D eigenvalue weighted by Crippen LogP contribution is 2.18. The lowest BCUT2D eigenvalue weighted by molar-refractivity contribution is 0.120. The van der Waals surface area contributed by atoms with Gasteiger partial charge in [-0.15, -0.1) is 0 Å². The van der Waals surface area contributed by atoms with E-state index in [4.69, 9.17) is 5.73 Å². The molecule has 3 heteroatoms. The molecule has 0 saturated carbocycles. The zero-order valence-electron chi connectivity index (χ0n) is 11.3. The summed E-state index contributed by atoms with van der Waals surface area (Å²) in [5.74, 6) is 0. The third kappa shape index (κ3) is 4.81. The summed E-state index contributed by atoms with van der Waals surface area (Å²) in [4.78, 5) is 5.16. The second kappa shape index (κ2) is 6.58. The minimum Gasteiger partial charge on any atom is -0.330 e. The third-order valence-corrected chi connectivity index (χ3v) is 3.66. The van der Waals surface area contributed by atoms with Gasteiger partial charge in [0.15, 0.2) is 0 Å². The zero-order valence-corrected chi connectivity index (χ0v) is 11.3. The Balaban J connectivity index is 2.17. The van der Waals surface area contributed by atoms with Gasteiger partial charge in [0.2, 0.25) is 0 Å². The van der Waals surface area contributed by atoms with Crippen LogP contribution in [-0.2, 0) is 0 Å². The molecule has 0 amide bonds. The molecule has 0 spiro atoms. The average Bonchev–Trinajstić information content (AvgIpc) is 2.29. The number of rotatable bonds is 6. The molecular formula is C13H29N3.